The van der Waals surface area contributed by atoms with Crippen molar-refractivity contribution < 1.29 is 14.4 Å². The van der Waals surface area contributed by atoms with Crippen molar-refractivity contribution in [3.05, 3.63) is 30.1 Å². The van der Waals surface area contributed by atoms with Gasteiger partial charge in [-0.2, -0.15) is 0 Å². The lowest BCUT2D eigenvalue weighted by molar-refractivity contribution is -0.135. The highest BCUT2D eigenvalue weighted by atomic mass is 16.2. The number of nitrogens with two attached hydrogens (primary N) is 1. The molecule has 3 amide bonds. The smallest absolute Gasteiger partial charge is 0.246 e. The van der Waals surface area contributed by atoms with Gasteiger partial charge in [0, 0.05) is 31.3 Å². The Kier molecular flexibility index (Phi) is 13.2. The number of carbonyl (C=O) groups is 3. The Hall–Kier alpha value is -2.44. The zero-order valence-corrected chi connectivity index (χ0v) is 19.3. The Morgan fingerprint density at radius 2 is 1.65 bits per heavy atom. The van der Waals surface area contributed by atoms with E-state index in [9.17, 15) is 14.4 Å². The second-order valence-corrected chi connectivity index (χ2v) is 8.43. The Morgan fingerprint density at radius 3 is 2.23 bits per heavy atom. The molecule has 0 spiro atoms. The van der Waals surface area contributed by atoms with Gasteiger partial charge >= 0.3 is 0 Å². The molecule has 0 aromatic carbocycles. The summed E-state index contributed by atoms with van der Waals surface area (Å²) in [5, 5.41) is 5.52. The van der Waals surface area contributed by atoms with Crippen LogP contribution in [0.4, 0.5) is 0 Å². The molecule has 0 saturated carbocycles. The van der Waals surface area contributed by atoms with Crippen molar-refractivity contribution in [2.45, 2.75) is 96.4 Å². The van der Waals surface area contributed by atoms with Gasteiger partial charge in [0.15, 0.2) is 0 Å². The first-order valence-corrected chi connectivity index (χ1v) is 11.6. The average molecular weight is 433 g/mol. The molecule has 1 atom stereocenters. The predicted molar refractivity (Wildman–Crippen MR) is 123 cm³/mol. The molecule has 0 saturated heterocycles. The number of nitrogens with one attached hydrogen (secondary N) is 2. The SMILES string of the molecule is CCCCCCCCCCCC(=O)NC(C)(CC(N)=O)C(=O)NCCc1ccccn1. The van der Waals surface area contributed by atoms with Gasteiger partial charge in [0.2, 0.25) is 17.7 Å². The molecule has 7 heteroatoms. The average Bonchev–Trinajstić information content (AvgIpc) is 2.72. The second kappa shape index (κ2) is 15.4. The highest BCUT2D eigenvalue weighted by molar-refractivity contribution is 5.95. The summed E-state index contributed by atoms with van der Waals surface area (Å²) in [6, 6.07) is 5.59. The van der Waals surface area contributed by atoms with Crippen LogP contribution in [0.25, 0.3) is 0 Å². The van der Waals surface area contributed by atoms with Crippen molar-refractivity contribution in [3.8, 4) is 0 Å². The monoisotopic (exact) mass is 432 g/mol. The quantitative estimate of drug-likeness (QED) is 0.327. The summed E-state index contributed by atoms with van der Waals surface area (Å²) < 4.78 is 0. The lowest BCUT2D eigenvalue weighted by Gasteiger charge is -2.28. The molecule has 4 N–H and O–H groups in total. The van der Waals surface area contributed by atoms with E-state index in [0.717, 1.165) is 25.0 Å². The molecule has 1 aromatic heterocycles. The number of nitrogens with zero attached hydrogens (tertiary/aromatic N) is 1. The maximum absolute atomic E-state index is 12.7. The first kappa shape index (κ1) is 26.6. The van der Waals surface area contributed by atoms with E-state index in [2.05, 4.69) is 22.5 Å². The van der Waals surface area contributed by atoms with Gasteiger partial charge in [-0.3, -0.25) is 19.4 Å². The summed E-state index contributed by atoms with van der Waals surface area (Å²) in [6.45, 7) is 4.12. The minimum Gasteiger partial charge on any atom is -0.370 e. The van der Waals surface area contributed by atoms with Crippen LogP contribution in [-0.2, 0) is 20.8 Å². The number of hydrogen-bond acceptors (Lipinski definition) is 4. The maximum atomic E-state index is 12.7. The van der Waals surface area contributed by atoms with E-state index in [4.69, 9.17) is 5.73 Å². The van der Waals surface area contributed by atoms with Crippen LogP contribution in [0.2, 0.25) is 0 Å². The molecular formula is C24H40N4O3. The van der Waals surface area contributed by atoms with Crippen molar-refractivity contribution in [2.75, 3.05) is 6.54 Å². The van der Waals surface area contributed by atoms with E-state index < -0.39 is 17.4 Å². The topological polar surface area (TPSA) is 114 Å². The summed E-state index contributed by atoms with van der Waals surface area (Å²) >= 11 is 0. The number of pyridine rings is 1. The fourth-order valence-electron chi connectivity index (χ4n) is 3.54. The zero-order chi connectivity index (χ0) is 23.0. The number of rotatable bonds is 17. The van der Waals surface area contributed by atoms with Gasteiger partial charge in [-0.05, 0) is 25.5 Å². The Labute approximate surface area is 187 Å². The van der Waals surface area contributed by atoms with Crippen LogP contribution in [0, 0.1) is 0 Å². The number of hydrogen-bond donors (Lipinski definition) is 3. The maximum Gasteiger partial charge on any atom is 0.246 e. The van der Waals surface area contributed by atoms with Crippen LogP contribution in [-0.4, -0.2) is 34.8 Å². The minimum atomic E-state index is -1.35. The number of carbonyl (C=O) groups excluding carboxylic acids is 3. The van der Waals surface area contributed by atoms with Crippen molar-refractivity contribution in [1.82, 2.24) is 15.6 Å². The molecule has 0 aliphatic carbocycles. The highest BCUT2D eigenvalue weighted by Crippen LogP contribution is 2.13. The largest absolute Gasteiger partial charge is 0.370 e. The van der Waals surface area contributed by atoms with Crippen LogP contribution >= 0.6 is 0 Å². The van der Waals surface area contributed by atoms with Crippen LogP contribution in [0.15, 0.2) is 24.4 Å². The summed E-state index contributed by atoms with van der Waals surface area (Å²) in [7, 11) is 0. The Balaban J connectivity index is 2.36. The fraction of sp³-hybridized carbons (Fsp3) is 0.667. The van der Waals surface area contributed by atoms with Crippen molar-refractivity contribution >= 4 is 17.7 Å². The molecule has 0 aliphatic heterocycles. The molecule has 1 rings (SSSR count). The van der Waals surface area contributed by atoms with E-state index >= 15 is 0 Å². The minimum absolute atomic E-state index is 0.230. The molecule has 0 radical (unpaired) electrons. The molecule has 1 unspecified atom stereocenters. The van der Waals surface area contributed by atoms with Gasteiger partial charge in [-0.25, -0.2) is 0 Å². The number of primary amides is 1. The van der Waals surface area contributed by atoms with E-state index in [1.807, 2.05) is 18.2 Å². The molecule has 31 heavy (non-hydrogen) atoms. The van der Waals surface area contributed by atoms with Gasteiger partial charge < -0.3 is 16.4 Å². The normalized spacial score (nSPS) is 12.7. The van der Waals surface area contributed by atoms with E-state index in [1.165, 1.54) is 38.5 Å². The van der Waals surface area contributed by atoms with Crippen LogP contribution in [0.3, 0.4) is 0 Å². The fourth-order valence-corrected chi connectivity index (χ4v) is 3.54. The molecule has 1 heterocycles. The van der Waals surface area contributed by atoms with Crippen LogP contribution in [0.5, 0.6) is 0 Å². The second-order valence-electron chi connectivity index (χ2n) is 8.43. The van der Waals surface area contributed by atoms with Gasteiger partial charge in [0.05, 0.1) is 6.42 Å². The third-order valence-corrected chi connectivity index (χ3v) is 5.34. The Bertz CT molecular complexity index is 666. The van der Waals surface area contributed by atoms with Crippen LogP contribution in [0.1, 0.15) is 90.2 Å². The number of unbranched alkanes of at least 4 members (excludes halogenated alkanes) is 8. The third kappa shape index (κ3) is 12.1. The lowest BCUT2D eigenvalue weighted by Crippen LogP contribution is -2.58. The number of aromatic nitrogens is 1. The highest BCUT2D eigenvalue weighted by Gasteiger charge is 2.36. The third-order valence-electron chi connectivity index (χ3n) is 5.34. The van der Waals surface area contributed by atoms with Crippen molar-refractivity contribution in [2.24, 2.45) is 5.73 Å². The molecule has 0 fully saturated rings. The molecule has 174 valence electrons. The standard InChI is InChI=1S/C24H40N4O3/c1-3-4-5-6-7-8-9-10-11-15-22(30)28-24(2,19-21(25)29)23(31)27-18-16-20-14-12-13-17-26-20/h12-14,17H,3-11,15-16,18-19H2,1-2H3,(H2,25,29)(H,27,31)(H,28,30). The van der Waals surface area contributed by atoms with Crippen molar-refractivity contribution in [1.29, 1.82) is 0 Å². The number of amides is 3. The van der Waals surface area contributed by atoms with E-state index in [1.54, 1.807) is 13.1 Å². The van der Waals surface area contributed by atoms with Gasteiger partial charge in [0.1, 0.15) is 5.54 Å². The molecule has 1 aromatic rings. The first-order valence-electron chi connectivity index (χ1n) is 11.6. The van der Waals surface area contributed by atoms with Crippen molar-refractivity contribution in [3.63, 3.8) is 0 Å². The van der Waals surface area contributed by atoms with Gasteiger partial charge in [-0.15, -0.1) is 0 Å². The molecule has 0 bridgehead atoms. The first-order chi connectivity index (χ1) is 14.9. The van der Waals surface area contributed by atoms with Gasteiger partial charge in [0.25, 0.3) is 0 Å². The lowest BCUT2D eigenvalue weighted by atomic mass is 9.95. The summed E-state index contributed by atoms with van der Waals surface area (Å²) in [5.74, 6) is -1.28. The Morgan fingerprint density at radius 1 is 1.00 bits per heavy atom. The summed E-state index contributed by atoms with van der Waals surface area (Å²) in [5.41, 5.74) is 4.83. The van der Waals surface area contributed by atoms with Gasteiger partial charge in [-0.1, -0.05) is 64.4 Å². The summed E-state index contributed by atoms with van der Waals surface area (Å²) in [6.07, 6.45) is 12.8. The molecule has 7 nitrogen and oxygen atoms in total. The molecule has 0 aliphatic rings. The predicted octanol–water partition coefficient (Wildman–Crippen LogP) is 3.41. The summed E-state index contributed by atoms with van der Waals surface area (Å²) in [4.78, 5) is 40.8. The zero-order valence-electron chi connectivity index (χ0n) is 19.3. The molecular weight excluding hydrogens is 392 g/mol. The van der Waals surface area contributed by atoms with E-state index in [0.29, 0.717) is 19.4 Å². The van der Waals surface area contributed by atoms with Crippen LogP contribution < -0.4 is 16.4 Å². The van der Waals surface area contributed by atoms with E-state index in [-0.39, 0.29) is 12.3 Å².